The summed E-state index contributed by atoms with van der Waals surface area (Å²) < 4.78 is 1.86. The van der Waals surface area contributed by atoms with Crippen molar-refractivity contribution in [3.8, 4) is 27.9 Å². The lowest BCUT2D eigenvalue weighted by Gasteiger charge is -2.20. The van der Waals surface area contributed by atoms with Gasteiger partial charge in [0, 0.05) is 16.5 Å². The second-order valence-electron chi connectivity index (χ2n) is 13.9. The van der Waals surface area contributed by atoms with E-state index in [0.29, 0.717) is 5.39 Å². The van der Waals surface area contributed by atoms with Crippen molar-refractivity contribution in [1.29, 1.82) is 0 Å². The quantitative estimate of drug-likeness (QED) is 0.135. The molecular weight excluding hydrogens is 643 g/mol. The minimum absolute atomic E-state index is 0.0112. The molecule has 0 unspecified atom stereocenters. The Morgan fingerprint density at radius 1 is 0.340 bits per heavy atom. The third-order valence-electron chi connectivity index (χ3n) is 11.1. The van der Waals surface area contributed by atoms with Gasteiger partial charge in [0.2, 0.25) is 0 Å². The molecule has 0 saturated carbocycles. The predicted octanol–water partition coefficient (Wildman–Crippen LogP) is 13.2. The van der Waals surface area contributed by atoms with E-state index in [0.717, 1.165) is 27.5 Å². The van der Waals surface area contributed by atoms with Crippen molar-refractivity contribution in [1.82, 2.24) is 4.57 Å². The van der Waals surface area contributed by atoms with Gasteiger partial charge in [-0.05, 0) is 118 Å². The number of benzene rings is 10. The van der Waals surface area contributed by atoms with Gasteiger partial charge in [0.05, 0.1) is 5.52 Å². The predicted molar refractivity (Wildman–Crippen MR) is 225 cm³/mol. The lowest BCUT2D eigenvalue weighted by Crippen LogP contribution is -2.19. The highest BCUT2D eigenvalue weighted by atomic mass is 16.1. The molecule has 0 aliphatic rings. The Hall–Kier alpha value is -7.03. The molecule has 1 aromatic heterocycles. The number of pyridine rings is 1. The molecule has 0 spiro atoms. The minimum Gasteiger partial charge on any atom is -0.276 e. The van der Waals surface area contributed by atoms with Gasteiger partial charge >= 0.3 is 0 Å². The van der Waals surface area contributed by atoms with Crippen molar-refractivity contribution < 1.29 is 0 Å². The van der Waals surface area contributed by atoms with Crippen molar-refractivity contribution >= 4 is 75.5 Å². The fourth-order valence-corrected chi connectivity index (χ4v) is 8.88. The molecular formula is C51H31NO. The summed E-state index contributed by atoms with van der Waals surface area (Å²) in [7, 11) is 0. The van der Waals surface area contributed by atoms with Gasteiger partial charge in [-0.3, -0.25) is 9.36 Å². The largest absolute Gasteiger partial charge is 0.276 e. The Morgan fingerprint density at radius 2 is 0.868 bits per heavy atom. The van der Waals surface area contributed by atoms with Crippen LogP contribution in [0.5, 0.6) is 0 Å². The molecule has 0 saturated heterocycles. The molecule has 11 rings (SSSR count). The maximum Gasteiger partial charge on any atom is 0.263 e. The fourth-order valence-electron chi connectivity index (χ4n) is 8.88. The SMILES string of the molecule is O=c1c2ccccc2c2cc(-c3c4ccccc4c(-c4cc5ccc6ccccc6c5c5ccccc45)c4ccccc34)ccc2n1-c1ccccc1. The summed E-state index contributed by atoms with van der Waals surface area (Å²) in [6.45, 7) is 0. The number of hydrogen-bond donors (Lipinski definition) is 0. The Balaban J connectivity index is 1.25. The van der Waals surface area contributed by atoms with Crippen molar-refractivity contribution in [2.75, 3.05) is 0 Å². The molecule has 2 nitrogen and oxygen atoms in total. The smallest absolute Gasteiger partial charge is 0.263 e. The topological polar surface area (TPSA) is 22.0 Å². The van der Waals surface area contributed by atoms with Gasteiger partial charge in [0.1, 0.15) is 0 Å². The third kappa shape index (κ3) is 4.36. The number of rotatable bonds is 3. The third-order valence-corrected chi connectivity index (χ3v) is 11.1. The second-order valence-corrected chi connectivity index (χ2v) is 13.9. The normalized spacial score (nSPS) is 11.8. The van der Waals surface area contributed by atoms with Crippen molar-refractivity contribution in [3.63, 3.8) is 0 Å². The van der Waals surface area contributed by atoms with Crippen LogP contribution >= 0.6 is 0 Å². The van der Waals surface area contributed by atoms with Crippen molar-refractivity contribution in [2.45, 2.75) is 0 Å². The Labute approximate surface area is 305 Å². The average molecular weight is 674 g/mol. The first-order valence-electron chi connectivity index (χ1n) is 18.1. The van der Waals surface area contributed by atoms with Crippen LogP contribution < -0.4 is 5.56 Å². The molecule has 53 heavy (non-hydrogen) atoms. The number of hydrogen-bond acceptors (Lipinski definition) is 1. The molecule has 0 amide bonds. The molecule has 0 aliphatic carbocycles. The van der Waals surface area contributed by atoms with E-state index in [2.05, 4.69) is 140 Å². The maximum absolute atomic E-state index is 14.0. The molecule has 1 heterocycles. The summed E-state index contributed by atoms with van der Waals surface area (Å²) in [4.78, 5) is 14.0. The Kier molecular flexibility index (Phi) is 6.44. The van der Waals surface area contributed by atoms with Crippen LogP contribution in [0.25, 0.3) is 103 Å². The highest BCUT2D eigenvalue weighted by molar-refractivity contribution is 6.28. The zero-order valence-corrected chi connectivity index (χ0v) is 28.8. The highest BCUT2D eigenvalue weighted by Gasteiger charge is 2.21. The standard InChI is InChI=1S/C51H31NO/c53-51-44-25-13-7-19-38(44)45-30-34(28-29-47(45)52(51)35-15-2-1-3-16-35)49-40-21-9-11-23-42(40)50(43-24-12-10-22-41(43)49)46-31-33-27-26-32-14-4-5-17-36(32)48(33)39-20-8-6-18-37(39)46/h1-31H. The summed E-state index contributed by atoms with van der Waals surface area (Å²) in [6.07, 6.45) is 0. The molecule has 2 heteroatoms. The van der Waals surface area contributed by atoms with E-state index in [1.165, 1.54) is 70.6 Å². The number of fused-ring (bicyclic) bond motifs is 10. The molecule has 11 aromatic rings. The van der Waals surface area contributed by atoms with Gasteiger partial charge < -0.3 is 0 Å². The highest BCUT2D eigenvalue weighted by Crippen LogP contribution is 2.47. The van der Waals surface area contributed by atoms with Crippen molar-refractivity contribution in [2.24, 2.45) is 0 Å². The van der Waals surface area contributed by atoms with Crippen LogP contribution in [-0.2, 0) is 0 Å². The van der Waals surface area contributed by atoms with Crippen LogP contribution in [0, 0.1) is 0 Å². The zero-order chi connectivity index (χ0) is 35.0. The summed E-state index contributed by atoms with van der Waals surface area (Å²) in [6, 6.07) is 66.8. The number of para-hydroxylation sites is 1. The number of aromatic nitrogens is 1. The lowest BCUT2D eigenvalue weighted by molar-refractivity contribution is 1.06. The summed E-state index contributed by atoms with van der Waals surface area (Å²) in [5.74, 6) is 0. The molecule has 0 radical (unpaired) electrons. The minimum atomic E-state index is -0.0112. The zero-order valence-electron chi connectivity index (χ0n) is 28.8. The van der Waals surface area contributed by atoms with Gasteiger partial charge in [-0.2, -0.15) is 0 Å². The van der Waals surface area contributed by atoms with Gasteiger partial charge in [-0.1, -0.05) is 152 Å². The van der Waals surface area contributed by atoms with Crippen LogP contribution in [0.3, 0.4) is 0 Å². The van der Waals surface area contributed by atoms with Crippen LogP contribution in [0.2, 0.25) is 0 Å². The Bertz CT molecular complexity index is 3300. The van der Waals surface area contributed by atoms with Crippen LogP contribution in [0.4, 0.5) is 0 Å². The second kappa shape index (κ2) is 11.5. The summed E-state index contributed by atoms with van der Waals surface area (Å²) >= 11 is 0. The molecule has 0 aliphatic heterocycles. The molecule has 10 aromatic carbocycles. The Morgan fingerprint density at radius 3 is 1.57 bits per heavy atom. The molecule has 0 fully saturated rings. The first-order chi connectivity index (χ1) is 26.2. The van der Waals surface area contributed by atoms with Crippen LogP contribution in [-0.4, -0.2) is 4.57 Å². The number of nitrogens with zero attached hydrogens (tertiary/aromatic N) is 1. The van der Waals surface area contributed by atoms with E-state index >= 15 is 0 Å². The molecule has 246 valence electrons. The summed E-state index contributed by atoms with van der Waals surface area (Å²) in [5.41, 5.74) is 6.53. The van der Waals surface area contributed by atoms with Gasteiger partial charge in [-0.15, -0.1) is 0 Å². The van der Waals surface area contributed by atoms with Gasteiger partial charge in [-0.25, -0.2) is 0 Å². The van der Waals surface area contributed by atoms with Crippen LogP contribution in [0.1, 0.15) is 0 Å². The van der Waals surface area contributed by atoms with E-state index in [4.69, 9.17) is 0 Å². The van der Waals surface area contributed by atoms with Crippen molar-refractivity contribution in [3.05, 3.63) is 198 Å². The van der Waals surface area contributed by atoms with E-state index in [1.807, 2.05) is 53.1 Å². The van der Waals surface area contributed by atoms with E-state index in [-0.39, 0.29) is 5.56 Å². The first kappa shape index (κ1) is 29.7. The summed E-state index contributed by atoms with van der Waals surface area (Å²) in [5, 5.41) is 15.1. The molecule has 0 N–H and O–H groups in total. The maximum atomic E-state index is 14.0. The van der Waals surface area contributed by atoms with E-state index < -0.39 is 0 Å². The average Bonchev–Trinajstić information content (AvgIpc) is 3.23. The van der Waals surface area contributed by atoms with E-state index in [9.17, 15) is 4.79 Å². The first-order valence-corrected chi connectivity index (χ1v) is 18.1. The lowest BCUT2D eigenvalue weighted by atomic mass is 9.83. The van der Waals surface area contributed by atoms with Gasteiger partial charge in [0.25, 0.3) is 5.56 Å². The van der Waals surface area contributed by atoms with Gasteiger partial charge in [0.15, 0.2) is 0 Å². The fraction of sp³-hybridized carbons (Fsp3) is 0. The monoisotopic (exact) mass is 673 g/mol. The molecule has 0 bridgehead atoms. The van der Waals surface area contributed by atoms with Crippen LogP contribution in [0.15, 0.2) is 193 Å². The van der Waals surface area contributed by atoms with E-state index in [1.54, 1.807) is 0 Å². The molecule has 0 atom stereocenters.